The van der Waals surface area contributed by atoms with Crippen LogP contribution < -0.4 is 0 Å². The second kappa shape index (κ2) is 11.9. The SMILES string of the molecule is CC(C=O)SCc1ccc(CF)cc1.CN1CCCCC1c1cccnc1. The van der Waals surface area contributed by atoms with E-state index in [-0.39, 0.29) is 5.25 Å². The summed E-state index contributed by atoms with van der Waals surface area (Å²) in [4.78, 5) is 17.0. The van der Waals surface area contributed by atoms with Crippen molar-refractivity contribution in [3.8, 4) is 0 Å². The van der Waals surface area contributed by atoms with E-state index in [4.69, 9.17) is 0 Å². The first-order valence-corrected chi connectivity index (χ1v) is 10.5. The van der Waals surface area contributed by atoms with E-state index < -0.39 is 6.67 Å². The molecule has 0 amide bonds. The highest BCUT2D eigenvalue weighted by Gasteiger charge is 2.20. The van der Waals surface area contributed by atoms with Crippen molar-refractivity contribution >= 4 is 18.0 Å². The third-order valence-electron chi connectivity index (χ3n) is 4.72. The van der Waals surface area contributed by atoms with Gasteiger partial charge in [-0.3, -0.25) is 9.88 Å². The molecule has 2 aromatic rings. The topological polar surface area (TPSA) is 33.2 Å². The summed E-state index contributed by atoms with van der Waals surface area (Å²) in [7, 11) is 2.21. The van der Waals surface area contributed by atoms with Gasteiger partial charge in [-0.1, -0.05) is 36.8 Å². The molecule has 0 aliphatic carbocycles. The molecule has 2 atom stereocenters. The fourth-order valence-electron chi connectivity index (χ4n) is 3.06. The van der Waals surface area contributed by atoms with E-state index in [0.717, 1.165) is 17.6 Å². The van der Waals surface area contributed by atoms with E-state index in [1.54, 1.807) is 23.9 Å². The average Bonchev–Trinajstić information content (AvgIpc) is 2.74. The number of benzene rings is 1. The van der Waals surface area contributed by atoms with Gasteiger partial charge in [-0.05, 0) is 56.1 Å². The van der Waals surface area contributed by atoms with Crippen LogP contribution in [0, 0.1) is 0 Å². The van der Waals surface area contributed by atoms with Crippen LogP contribution in [-0.4, -0.2) is 35.0 Å². The van der Waals surface area contributed by atoms with Crippen LogP contribution in [-0.2, 0) is 17.2 Å². The molecule has 5 heteroatoms. The first kappa shape index (κ1) is 21.6. The van der Waals surface area contributed by atoms with E-state index in [2.05, 4.69) is 23.0 Å². The van der Waals surface area contributed by atoms with Gasteiger partial charge in [0.15, 0.2) is 0 Å². The van der Waals surface area contributed by atoms with Crippen molar-refractivity contribution in [1.82, 2.24) is 9.88 Å². The zero-order valence-corrected chi connectivity index (χ0v) is 17.0. The van der Waals surface area contributed by atoms with Crippen LogP contribution in [0.25, 0.3) is 0 Å². The van der Waals surface area contributed by atoms with Crippen LogP contribution in [0.3, 0.4) is 0 Å². The fraction of sp³-hybridized carbons (Fsp3) is 0.455. The van der Waals surface area contributed by atoms with Crippen molar-refractivity contribution in [2.45, 2.75) is 49.9 Å². The Labute approximate surface area is 166 Å². The minimum absolute atomic E-state index is 0.0239. The van der Waals surface area contributed by atoms with Gasteiger partial charge in [-0.25, -0.2) is 4.39 Å². The molecule has 3 rings (SSSR count). The van der Waals surface area contributed by atoms with Gasteiger partial charge in [0, 0.05) is 24.2 Å². The number of rotatable bonds is 6. The number of hydrogen-bond acceptors (Lipinski definition) is 4. The van der Waals surface area contributed by atoms with E-state index >= 15 is 0 Å². The standard InChI is InChI=1S/C11H13FOS.C11H16N2/c1-9(7-13)14-8-11-4-2-10(6-12)3-5-11;1-13-8-3-2-6-11(13)10-5-4-7-12-9-10/h2-5,7,9H,6,8H2,1H3;4-5,7,9,11H,2-3,6,8H2,1H3. The Morgan fingerprint density at radius 3 is 2.59 bits per heavy atom. The molecule has 1 aromatic carbocycles. The molecule has 1 saturated heterocycles. The van der Waals surface area contributed by atoms with Crippen molar-refractivity contribution < 1.29 is 9.18 Å². The summed E-state index contributed by atoms with van der Waals surface area (Å²) in [6, 6.07) is 12.2. The van der Waals surface area contributed by atoms with E-state index in [1.807, 2.05) is 37.5 Å². The first-order valence-electron chi connectivity index (χ1n) is 9.45. The number of carbonyl (C=O) groups is 1. The van der Waals surface area contributed by atoms with Crippen LogP contribution in [0.5, 0.6) is 0 Å². The number of halogens is 1. The van der Waals surface area contributed by atoms with Crippen LogP contribution in [0.1, 0.15) is 48.9 Å². The number of thioether (sulfide) groups is 1. The maximum atomic E-state index is 12.2. The lowest BCUT2D eigenvalue weighted by Crippen LogP contribution is -2.29. The van der Waals surface area contributed by atoms with Crippen molar-refractivity contribution in [2.24, 2.45) is 0 Å². The molecule has 2 heterocycles. The molecule has 2 unspecified atom stereocenters. The maximum Gasteiger partial charge on any atom is 0.132 e. The first-order chi connectivity index (χ1) is 13.1. The van der Waals surface area contributed by atoms with E-state index in [1.165, 1.54) is 31.4 Å². The molecular formula is C22H29FN2OS. The van der Waals surface area contributed by atoms with E-state index in [0.29, 0.717) is 11.6 Å². The number of hydrogen-bond donors (Lipinski definition) is 0. The molecule has 27 heavy (non-hydrogen) atoms. The van der Waals surface area contributed by atoms with Crippen molar-refractivity contribution in [1.29, 1.82) is 0 Å². The fourth-order valence-corrected chi connectivity index (χ4v) is 3.79. The Morgan fingerprint density at radius 2 is 2.00 bits per heavy atom. The van der Waals surface area contributed by atoms with Gasteiger partial charge < -0.3 is 4.79 Å². The summed E-state index contributed by atoms with van der Waals surface area (Å²) in [5, 5.41) is 0.0239. The number of pyridine rings is 1. The molecule has 0 radical (unpaired) electrons. The van der Waals surface area contributed by atoms with Crippen LogP contribution in [0.4, 0.5) is 4.39 Å². The normalized spacial score (nSPS) is 18.3. The molecule has 0 saturated carbocycles. The second-order valence-corrected chi connectivity index (χ2v) is 8.25. The number of alkyl halides is 1. The lowest BCUT2D eigenvalue weighted by Gasteiger charge is -2.32. The lowest BCUT2D eigenvalue weighted by molar-refractivity contribution is -0.107. The van der Waals surface area contributed by atoms with Gasteiger partial charge in [-0.15, -0.1) is 11.8 Å². The molecular weight excluding hydrogens is 359 g/mol. The van der Waals surface area contributed by atoms with Crippen molar-refractivity contribution in [3.05, 3.63) is 65.5 Å². The lowest BCUT2D eigenvalue weighted by atomic mass is 9.97. The van der Waals surface area contributed by atoms with Crippen molar-refractivity contribution in [3.63, 3.8) is 0 Å². The zero-order chi connectivity index (χ0) is 19.5. The van der Waals surface area contributed by atoms with E-state index in [9.17, 15) is 9.18 Å². The molecule has 0 N–H and O–H groups in total. The number of carbonyl (C=O) groups excluding carboxylic acids is 1. The van der Waals surface area contributed by atoms with Crippen LogP contribution >= 0.6 is 11.8 Å². The Kier molecular flexibility index (Phi) is 9.50. The van der Waals surface area contributed by atoms with Crippen LogP contribution in [0.2, 0.25) is 0 Å². The average molecular weight is 389 g/mol. The van der Waals surface area contributed by atoms with Gasteiger partial charge in [0.2, 0.25) is 0 Å². The highest BCUT2D eigenvalue weighted by molar-refractivity contribution is 7.99. The van der Waals surface area contributed by atoms with Gasteiger partial charge in [0.05, 0.1) is 5.25 Å². The largest absolute Gasteiger partial charge is 0.302 e. The summed E-state index contributed by atoms with van der Waals surface area (Å²) in [5.74, 6) is 0.798. The van der Waals surface area contributed by atoms with Gasteiger partial charge >= 0.3 is 0 Å². The minimum atomic E-state index is -0.418. The molecule has 1 fully saturated rings. The zero-order valence-electron chi connectivity index (χ0n) is 16.2. The third kappa shape index (κ3) is 7.43. The molecule has 0 bridgehead atoms. The number of piperidine rings is 1. The predicted octanol–water partition coefficient (Wildman–Crippen LogP) is 5.22. The molecule has 146 valence electrons. The summed E-state index contributed by atoms with van der Waals surface area (Å²) in [6.45, 7) is 2.67. The van der Waals surface area contributed by atoms with Gasteiger partial charge in [-0.2, -0.15) is 0 Å². The summed E-state index contributed by atoms with van der Waals surface area (Å²) in [5.41, 5.74) is 3.19. The molecule has 1 aliphatic rings. The monoisotopic (exact) mass is 388 g/mol. The quantitative estimate of drug-likeness (QED) is 0.636. The predicted molar refractivity (Wildman–Crippen MR) is 112 cm³/mol. The Hall–Kier alpha value is -1.72. The highest BCUT2D eigenvalue weighted by atomic mass is 32.2. The van der Waals surface area contributed by atoms with Gasteiger partial charge in [0.1, 0.15) is 13.0 Å². The Bertz CT molecular complexity index is 666. The third-order valence-corrected chi connectivity index (χ3v) is 5.86. The summed E-state index contributed by atoms with van der Waals surface area (Å²) >= 11 is 1.58. The molecule has 1 aliphatic heterocycles. The second-order valence-electron chi connectivity index (χ2n) is 6.88. The Morgan fingerprint density at radius 1 is 1.26 bits per heavy atom. The minimum Gasteiger partial charge on any atom is -0.302 e. The van der Waals surface area contributed by atoms with Crippen LogP contribution in [0.15, 0.2) is 48.8 Å². The molecule has 1 aromatic heterocycles. The smallest absolute Gasteiger partial charge is 0.132 e. The summed E-state index contributed by atoms with van der Waals surface area (Å²) in [6.07, 6.45) is 8.73. The Balaban J connectivity index is 0.000000194. The number of nitrogens with zero attached hydrogens (tertiary/aromatic N) is 2. The van der Waals surface area contributed by atoms with Crippen molar-refractivity contribution in [2.75, 3.05) is 13.6 Å². The number of aldehydes is 1. The number of likely N-dealkylation sites (tertiary alicyclic amines) is 1. The number of aromatic nitrogens is 1. The molecule has 0 spiro atoms. The van der Waals surface area contributed by atoms with Gasteiger partial charge in [0.25, 0.3) is 0 Å². The maximum absolute atomic E-state index is 12.2. The molecule has 3 nitrogen and oxygen atoms in total. The highest BCUT2D eigenvalue weighted by Crippen LogP contribution is 2.28. The summed E-state index contributed by atoms with van der Waals surface area (Å²) < 4.78 is 12.2.